The summed E-state index contributed by atoms with van der Waals surface area (Å²) < 4.78 is 2.25. The molecule has 3 N–H and O–H groups in total. The highest BCUT2D eigenvalue weighted by molar-refractivity contribution is 5.76. The molecule has 148 valence electrons. The van der Waals surface area contributed by atoms with Crippen LogP contribution in [0.4, 0.5) is 11.5 Å². The van der Waals surface area contributed by atoms with E-state index >= 15 is 0 Å². The predicted octanol–water partition coefficient (Wildman–Crippen LogP) is 1.99. The van der Waals surface area contributed by atoms with Crippen molar-refractivity contribution >= 4 is 17.4 Å². The number of pyridine rings is 1. The highest BCUT2D eigenvalue weighted by Crippen LogP contribution is 2.39. The van der Waals surface area contributed by atoms with Crippen LogP contribution in [0.3, 0.4) is 0 Å². The predicted molar refractivity (Wildman–Crippen MR) is 113 cm³/mol. The van der Waals surface area contributed by atoms with E-state index in [1.54, 1.807) is 0 Å². The Balaban J connectivity index is 1.46. The Morgan fingerprint density at radius 3 is 2.72 bits per heavy atom. The van der Waals surface area contributed by atoms with E-state index in [-0.39, 0.29) is 11.9 Å². The summed E-state index contributed by atoms with van der Waals surface area (Å²) in [6.45, 7) is 3.56. The molecule has 7 nitrogen and oxygen atoms in total. The van der Waals surface area contributed by atoms with Crippen LogP contribution in [0.5, 0.6) is 0 Å². The molecule has 1 saturated heterocycles. The zero-order valence-electron chi connectivity index (χ0n) is 16.2. The van der Waals surface area contributed by atoms with Crippen molar-refractivity contribution in [2.45, 2.75) is 6.04 Å². The highest BCUT2D eigenvalue weighted by atomic mass is 16.1. The largest absolute Gasteiger partial charge is 0.371 e. The number of para-hydroxylation sites is 2. The fraction of sp³-hybridized carbons (Fsp3) is 0.273. The van der Waals surface area contributed by atoms with Crippen LogP contribution < -0.4 is 16.0 Å². The van der Waals surface area contributed by atoms with Crippen molar-refractivity contribution in [2.24, 2.45) is 5.73 Å². The molecule has 2 aliphatic rings. The first-order valence-electron chi connectivity index (χ1n) is 9.94. The molecular weight excluding hydrogens is 364 g/mol. The number of benzene rings is 1. The molecule has 1 unspecified atom stereocenters. The Morgan fingerprint density at radius 2 is 1.90 bits per heavy atom. The Bertz CT molecular complexity index is 1040. The number of carbonyl (C=O) groups excluding carboxylic acids is 1. The van der Waals surface area contributed by atoms with E-state index in [1.807, 2.05) is 12.3 Å². The molecule has 1 aromatic carbocycles. The zero-order chi connectivity index (χ0) is 19.8. The fourth-order valence-electron chi connectivity index (χ4n) is 4.36. The number of primary amides is 1. The molecule has 5 rings (SSSR count). The minimum Gasteiger partial charge on any atom is -0.371 e. The maximum atomic E-state index is 11.2. The number of aromatic nitrogens is 2. The monoisotopic (exact) mass is 388 g/mol. The van der Waals surface area contributed by atoms with E-state index in [0.29, 0.717) is 6.54 Å². The average molecular weight is 388 g/mol. The number of piperazine rings is 1. The van der Waals surface area contributed by atoms with Gasteiger partial charge in [-0.1, -0.05) is 18.2 Å². The van der Waals surface area contributed by atoms with Gasteiger partial charge in [-0.3, -0.25) is 9.69 Å². The van der Waals surface area contributed by atoms with Crippen LogP contribution in [0.2, 0.25) is 0 Å². The van der Waals surface area contributed by atoms with Crippen molar-refractivity contribution in [2.75, 3.05) is 42.9 Å². The second-order valence-corrected chi connectivity index (χ2v) is 7.54. The molecule has 3 aromatic rings. The Labute approximate surface area is 169 Å². The molecule has 2 aromatic heterocycles. The van der Waals surface area contributed by atoms with Gasteiger partial charge in [0.05, 0.1) is 24.0 Å². The minimum atomic E-state index is -0.275. The molecular formula is C22H24N6O. The fourth-order valence-corrected chi connectivity index (χ4v) is 4.36. The maximum Gasteiger partial charge on any atom is 0.231 e. The summed E-state index contributed by atoms with van der Waals surface area (Å²) in [5.41, 5.74) is 9.98. The maximum absolute atomic E-state index is 11.2. The summed E-state index contributed by atoms with van der Waals surface area (Å²) in [4.78, 5) is 20.4. The van der Waals surface area contributed by atoms with E-state index in [9.17, 15) is 4.79 Å². The molecule has 0 aliphatic carbocycles. The van der Waals surface area contributed by atoms with Gasteiger partial charge >= 0.3 is 0 Å². The third-order valence-electron chi connectivity index (χ3n) is 5.72. The van der Waals surface area contributed by atoms with Crippen LogP contribution in [0.1, 0.15) is 17.3 Å². The number of nitrogens with two attached hydrogens (primary N) is 1. The summed E-state index contributed by atoms with van der Waals surface area (Å²) in [5.74, 6) is 0.721. The van der Waals surface area contributed by atoms with Crippen LogP contribution in [-0.2, 0) is 4.79 Å². The molecule has 7 heteroatoms. The molecule has 0 saturated carbocycles. The van der Waals surface area contributed by atoms with Crippen molar-refractivity contribution in [3.8, 4) is 5.69 Å². The van der Waals surface area contributed by atoms with Crippen LogP contribution >= 0.6 is 0 Å². The number of rotatable bonds is 4. The van der Waals surface area contributed by atoms with Crippen molar-refractivity contribution in [3.05, 3.63) is 72.2 Å². The molecule has 4 heterocycles. The topological polar surface area (TPSA) is 79.4 Å². The number of amides is 1. The number of carbonyl (C=O) groups is 1. The average Bonchev–Trinajstić information content (AvgIpc) is 3.24. The number of fused-ring (bicyclic) bond motifs is 3. The first-order valence-corrected chi connectivity index (χ1v) is 9.94. The van der Waals surface area contributed by atoms with Gasteiger partial charge in [-0.15, -0.1) is 0 Å². The standard InChI is InChI=1S/C22H24N6O/c23-20(29)15-26-11-13-27(14-12-26)22-16(5-3-9-24-22)21-19-8-4-10-28(19)18-7-2-1-6-17(18)25-21/h1-10,21,25H,11-15H2,(H2,23,29). The normalized spacial score (nSPS) is 18.6. The summed E-state index contributed by atoms with van der Waals surface area (Å²) in [5, 5.41) is 3.71. The molecule has 2 aliphatic heterocycles. The van der Waals surface area contributed by atoms with Gasteiger partial charge in [0.25, 0.3) is 0 Å². The van der Waals surface area contributed by atoms with E-state index in [2.05, 4.69) is 68.3 Å². The number of hydrogen-bond donors (Lipinski definition) is 2. The lowest BCUT2D eigenvalue weighted by atomic mass is 10.0. The lowest BCUT2D eigenvalue weighted by molar-refractivity contribution is -0.119. The number of anilines is 2. The van der Waals surface area contributed by atoms with Gasteiger partial charge in [-0.2, -0.15) is 0 Å². The van der Waals surface area contributed by atoms with Crippen molar-refractivity contribution < 1.29 is 4.79 Å². The first-order chi connectivity index (χ1) is 14.2. The molecule has 0 radical (unpaired) electrons. The van der Waals surface area contributed by atoms with Crippen molar-refractivity contribution in [1.82, 2.24) is 14.5 Å². The minimum absolute atomic E-state index is 0.0206. The quantitative estimate of drug-likeness (QED) is 0.715. The summed E-state index contributed by atoms with van der Waals surface area (Å²) in [6.07, 6.45) is 3.96. The molecule has 29 heavy (non-hydrogen) atoms. The van der Waals surface area contributed by atoms with Crippen LogP contribution in [0, 0.1) is 0 Å². The lowest BCUT2D eigenvalue weighted by Gasteiger charge is -2.37. The number of nitrogens with zero attached hydrogens (tertiary/aromatic N) is 4. The van der Waals surface area contributed by atoms with E-state index < -0.39 is 0 Å². The van der Waals surface area contributed by atoms with Crippen LogP contribution in [0.15, 0.2) is 60.9 Å². The highest BCUT2D eigenvalue weighted by Gasteiger charge is 2.29. The van der Waals surface area contributed by atoms with E-state index in [1.165, 1.54) is 5.69 Å². The van der Waals surface area contributed by atoms with Crippen LogP contribution in [0.25, 0.3) is 5.69 Å². The number of nitrogens with one attached hydrogen (secondary N) is 1. The van der Waals surface area contributed by atoms with Gasteiger partial charge in [0, 0.05) is 49.8 Å². The smallest absolute Gasteiger partial charge is 0.231 e. The van der Waals surface area contributed by atoms with E-state index in [4.69, 9.17) is 10.7 Å². The third-order valence-corrected chi connectivity index (χ3v) is 5.72. The van der Waals surface area contributed by atoms with Gasteiger partial charge < -0.3 is 20.5 Å². The summed E-state index contributed by atoms with van der Waals surface area (Å²) in [7, 11) is 0. The Morgan fingerprint density at radius 1 is 1.07 bits per heavy atom. The van der Waals surface area contributed by atoms with Gasteiger partial charge in [0.2, 0.25) is 5.91 Å². The second-order valence-electron chi connectivity index (χ2n) is 7.54. The molecule has 0 bridgehead atoms. The van der Waals surface area contributed by atoms with E-state index in [0.717, 1.165) is 48.9 Å². The SMILES string of the molecule is NC(=O)CN1CCN(c2ncccc2C2Nc3ccccc3-n3cccc32)CC1. The molecule has 0 spiro atoms. The molecule has 1 fully saturated rings. The van der Waals surface area contributed by atoms with Gasteiger partial charge in [0.1, 0.15) is 5.82 Å². The first kappa shape index (κ1) is 17.8. The summed E-state index contributed by atoms with van der Waals surface area (Å²) >= 11 is 0. The Kier molecular flexibility index (Phi) is 4.44. The summed E-state index contributed by atoms with van der Waals surface area (Å²) in [6, 6.07) is 16.8. The van der Waals surface area contributed by atoms with Crippen molar-refractivity contribution in [3.63, 3.8) is 0 Å². The molecule has 1 amide bonds. The third kappa shape index (κ3) is 3.23. The van der Waals surface area contributed by atoms with Crippen molar-refractivity contribution in [1.29, 1.82) is 0 Å². The van der Waals surface area contributed by atoms with Gasteiger partial charge in [0.15, 0.2) is 0 Å². The second kappa shape index (κ2) is 7.25. The number of hydrogen-bond acceptors (Lipinski definition) is 5. The van der Waals surface area contributed by atoms with Crippen LogP contribution in [-0.4, -0.2) is 53.1 Å². The Hall–Kier alpha value is -3.32. The lowest BCUT2D eigenvalue weighted by Crippen LogP contribution is -2.49. The van der Waals surface area contributed by atoms with Gasteiger partial charge in [-0.25, -0.2) is 4.98 Å². The zero-order valence-corrected chi connectivity index (χ0v) is 16.2. The van der Waals surface area contributed by atoms with Gasteiger partial charge in [-0.05, 0) is 30.3 Å². The molecule has 1 atom stereocenters.